The third-order valence-electron chi connectivity index (χ3n) is 5.67. The fourth-order valence-corrected chi connectivity index (χ4v) is 4.00. The number of aromatic hydroxyl groups is 4. The molecule has 0 bridgehead atoms. The molecule has 4 N–H and O–H groups in total. The minimum absolute atomic E-state index is 0.193. The average Bonchev–Trinajstić information content (AvgIpc) is 2.83. The van der Waals surface area contributed by atoms with Crippen LogP contribution in [0.15, 0.2) is 97.1 Å². The van der Waals surface area contributed by atoms with Crippen molar-refractivity contribution in [2.75, 3.05) is 0 Å². The summed E-state index contributed by atoms with van der Waals surface area (Å²) in [6.07, 6.45) is 0. The van der Waals surface area contributed by atoms with Gasteiger partial charge in [0.1, 0.15) is 23.0 Å². The third kappa shape index (κ3) is 3.38. The fourth-order valence-electron chi connectivity index (χ4n) is 4.00. The highest BCUT2D eigenvalue weighted by Gasteiger charge is 2.07. The zero-order valence-corrected chi connectivity index (χ0v) is 17.0. The second-order valence-electron chi connectivity index (χ2n) is 7.70. The summed E-state index contributed by atoms with van der Waals surface area (Å²) in [4.78, 5) is 0. The van der Waals surface area contributed by atoms with Crippen LogP contribution in [0.3, 0.4) is 0 Å². The normalized spacial score (nSPS) is 11.0. The number of hydrogen-bond acceptors (Lipinski definition) is 4. The molecule has 0 radical (unpaired) electrons. The molecule has 0 spiro atoms. The zero-order valence-electron chi connectivity index (χ0n) is 17.0. The van der Waals surface area contributed by atoms with Gasteiger partial charge in [0.15, 0.2) is 0 Å². The van der Waals surface area contributed by atoms with E-state index in [9.17, 15) is 20.4 Å². The van der Waals surface area contributed by atoms with Crippen LogP contribution in [0.1, 0.15) is 0 Å². The van der Waals surface area contributed by atoms with Crippen LogP contribution in [0.25, 0.3) is 43.1 Å². The summed E-state index contributed by atoms with van der Waals surface area (Å²) < 4.78 is 0. The number of hydrogen-bond donors (Lipinski definition) is 4. The van der Waals surface area contributed by atoms with E-state index in [1.165, 1.54) is 24.3 Å². The summed E-state index contributed by atoms with van der Waals surface area (Å²) >= 11 is 0. The lowest BCUT2D eigenvalue weighted by Gasteiger charge is -2.05. The molecule has 0 aliphatic carbocycles. The van der Waals surface area contributed by atoms with Gasteiger partial charge >= 0.3 is 0 Å². The van der Waals surface area contributed by atoms with Gasteiger partial charge in [-0.15, -0.1) is 0 Å². The van der Waals surface area contributed by atoms with E-state index in [0.717, 1.165) is 21.5 Å². The second-order valence-corrected chi connectivity index (χ2v) is 7.70. The Morgan fingerprint density at radius 1 is 0.312 bits per heavy atom. The summed E-state index contributed by atoms with van der Waals surface area (Å²) in [6, 6.07) is 29.3. The first-order valence-corrected chi connectivity index (χ1v) is 10.2. The minimum atomic E-state index is 0.193. The van der Waals surface area contributed by atoms with Crippen LogP contribution in [0, 0.1) is 0 Å². The van der Waals surface area contributed by atoms with Gasteiger partial charge in [0.25, 0.3) is 0 Å². The molecule has 4 heteroatoms. The van der Waals surface area contributed by atoms with Gasteiger partial charge < -0.3 is 20.4 Å². The maximum atomic E-state index is 9.74. The quantitative estimate of drug-likeness (QED) is 0.161. The first-order valence-electron chi connectivity index (χ1n) is 10.2. The van der Waals surface area contributed by atoms with Crippen molar-refractivity contribution in [2.24, 2.45) is 0 Å². The molecule has 0 amide bonds. The highest BCUT2D eigenvalue weighted by molar-refractivity contribution is 6.04. The summed E-state index contributed by atoms with van der Waals surface area (Å²) in [5, 5.41) is 45.9. The Hall–Kier alpha value is -4.44. The Morgan fingerprint density at radius 3 is 0.750 bits per heavy atom. The van der Waals surface area contributed by atoms with Crippen molar-refractivity contribution in [2.45, 2.75) is 0 Å². The molecule has 0 fully saturated rings. The number of benzene rings is 6. The van der Waals surface area contributed by atoms with Gasteiger partial charge in [-0.2, -0.15) is 0 Å². The molecule has 0 aromatic heterocycles. The predicted molar refractivity (Wildman–Crippen MR) is 130 cm³/mol. The molecular weight excluding hydrogens is 400 g/mol. The first-order chi connectivity index (χ1) is 15.5. The molecule has 0 aliphatic heterocycles. The van der Waals surface area contributed by atoms with E-state index in [1.54, 1.807) is 0 Å². The van der Waals surface area contributed by atoms with Crippen molar-refractivity contribution in [3.63, 3.8) is 0 Å². The van der Waals surface area contributed by atoms with Crippen LogP contribution >= 0.6 is 0 Å². The Morgan fingerprint density at radius 2 is 0.531 bits per heavy atom. The Kier molecular flexibility index (Phi) is 4.68. The smallest absolute Gasteiger partial charge is 0.123 e. The van der Waals surface area contributed by atoms with Crippen LogP contribution in [-0.4, -0.2) is 20.4 Å². The van der Waals surface area contributed by atoms with E-state index >= 15 is 0 Å². The van der Waals surface area contributed by atoms with Crippen molar-refractivity contribution in [3.8, 4) is 23.0 Å². The highest BCUT2D eigenvalue weighted by atomic mass is 16.3. The highest BCUT2D eigenvalue weighted by Crippen LogP contribution is 2.35. The zero-order chi connectivity index (χ0) is 22.2. The monoisotopic (exact) mass is 420 g/mol. The van der Waals surface area contributed by atoms with E-state index < -0.39 is 0 Å². The maximum absolute atomic E-state index is 9.74. The molecule has 0 heterocycles. The van der Waals surface area contributed by atoms with Crippen LogP contribution in [0.5, 0.6) is 23.0 Å². The molecule has 6 aromatic carbocycles. The first kappa shape index (κ1) is 19.5. The minimum Gasteiger partial charge on any atom is -0.507 e. The number of phenols is 4. The summed E-state index contributed by atoms with van der Waals surface area (Å²) in [7, 11) is 0. The van der Waals surface area contributed by atoms with E-state index in [2.05, 4.69) is 0 Å². The third-order valence-corrected chi connectivity index (χ3v) is 5.67. The van der Waals surface area contributed by atoms with E-state index in [1.807, 2.05) is 72.8 Å². The Bertz CT molecular complexity index is 1380. The SMILES string of the molecule is Oc1ccc(O)c2cc3ccccc3cc12.Oc1ccc(O)c2cc3ccccc3cc12. The average molecular weight is 420 g/mol. The van der Waals surface area contributed by atoms with E-state index in [0.29, 0.717) is 21.5 Å². The van der Waals surface area contributed by atoms with Gasteiger partial charge in [-0.1, -0.05) is 48.5 Å². The lowest BCUT2D eigenvalue weighted by atomic mass is 10.0. The number of phenolic OH excluding ortho intramolecular Hbond substituents is 4. The molecule has 0 saturated heterocycles. The van der Waals surface area contributed by atoms with Gasteiger partial charge in [-0.25, -0.2) is 0 Å². The van der Waals surface area contributed by atoms with Crippen LogP contribution in [0.2, 0.25) is 0 Å². The molecule has 0 unspecified atom stereocenters. The molecule has 6 aromatic rings. The fraction of sp³-hybridized carbons (Fsp3) is 0. The van der Waals surface area contributed by atoms with Crippen molar-refractivity contribution >= 4 is 43.1 Å². The molecule has 4 nitrogen and oxygen atoms in total. The molecule has 32 heavy (non-hydrogen) atoms. The molecule has 6 rings (SSSR count). The maximum Gasteiger partial charge on any atom is 0.123 e. The van der Waals surface area contributed by atoms with Crippen LogP contribution < -0.4 is 0 Å². The Labute approximate surface area is 183 Å². The van der Waals surface area contributed by atoms with Crippen molar-refractivity contribution in [1.29, 1.82) is 0 Å². The summed E-state index contributed by atoms with van der Waals surface area (Å²) in [5.74, 6) is 0.772. The number of fused-ring (bicyclic) bond motifs is 4. The standard InChI is InChI=1S/2C14H10O2/c2*15-13-5-6-14(16)12-8-10-4-2-1-3-9(10)7-11(12)13/h2*1-8,15-16H. The molecule has 0 saturated carbocycles. The number of rotatable bonds is 0. The topological polar surface area (TPSA) is 80.9 Å². The van der Waals surface area contributed by atoms with Crippen LogP contribution in [-0.2, 0) is 0 Å². The summed E-state index contributed by atoms with van der Waals surface area (Å²) in [6.45, 7) is 0. The molecule has 0 aliphatic rings. The van der Waals surface area contributed by atoms with E-state index in [4.69, 9.17) is 0 Å². The van der Waals surface area contributed by atoms with Crippen molar-refractivity contribution < 1.29 is 20.4 Å². The van der Waals surface area contributed by atoms with Crippen molar-refractivity contribution in [3.05, 3.63) is 97.1 Å². The summed E-state index contributed by atoms with van der Waals surface area (Å²) in [5.41, 5.74) is 0. The van der Waals surface area contributed by atoms with Gasteiger partial charge in [-0.3, -0.25) is 0 Å². The Balaban J connectivity index is 0.000000135. The predicted octanol–water partition coefficient (Wildman–Crippen LogP) is 6.81. The lowest BCUT2D eigenvalue weighted by Crippen LogP contribution is -1.78. The van der Waals surface area contributed by atoms with Gasteiger partial charge in [0.05, 0.1) is 0 Å². The van der Waals surface area contributed by atoms with Gasteiger partial charge in [0.2, 0.25) is 0 Å². The van der Waals surface area contributed by atoms with Crippen LogP contribution in [0.4, 0.5) is 0 Å². The molecule has 0 atom stereocenters. The largest absolute Gasteiger partial charge is 0.507 e. The second kappa shape index (κ2) is 7.67. The molecule has 156 valence electrons. The molecular formula is C28H20O4. The van der Waals surface area contributed by atoms with Gasteiger partial charge in [0, 0.05) is 21.5 Å². The van der Waals surface area contributed by atoms with Crippen molar-refractivity contribution in [1.82, 2.24) is 0 Å². The lowest BCUT2D eigenvalue weighted by molar-refractivity contribution is 0.469. The van der Waals surface area contributed by atoms with Gasteiger partial charge in [-0.05, 0) is 70.1 Å². The van der Waals surface area contributed by atoms with E-state index in [-0.39, 0.29) is 23.0 Å².